The number of ether oxygens (including phenoxy) is 1. The molecule has 3 N–H and O–H groups in total. The molecule has 3 aromatic carbocycles. The molecular weight excluding hydrogens is 463 g/mol. The number of nitrogens with zero attached hydrogens (tertiary/aromatic N) is 1. The largest absolute Gasteiger partial charge is 0.484 e. The SMILES string of the molecule is N#Cc1ccc(-c2ccc(OCC(=O)NNC(=O)C[C@@](O)(c3ccccc3)C(F)(F)F)cc2)cc1. The standard InChI is InChI=1S/C25H20F3N3O4/c26-25(27,28)24(34,20-4-2-1-3-5-20)14-22(32)30-31-23(33)16-35-21-12-10-19(11-13-21)18-8-6-17(15-29)7-9-18/h1-13,34H,14,16H2,(H,30,32)(H,31,33)/t24-/m1/s1. The fraction of sp³-hybridized carbons (Fsp3) is 0.160. The van der Waals surface area contributed by atoms with Crippen molar-refractivity contribution in [1.29, 1.82) is 5.26 Å². The molecule has 0 fully saturated rings. The number of carbonyl (C=O) groups excluding carboxylic acids is 2. The van der Waals surface area contributed by atoms with Crippen molar-refractivity contribution in [2.24, 2.45) is 0 Å². The van der Waals surface area contributed by atoms with Crippen LogP contribution in [0, 0.1) is 11.3 Å². The summed E-state index contributed by atoms with van der Waals surface area (Å²) in [6, 6.07) is 21.9. The zero-order valence-electron chi connectivity index (χ0n) is 18.2. The van der Waals surface area contributed by atoms with Crippen LogP contribution in [0.25, 0.3) is 11.1 Å². The number of carbonyl (C=O) groups is 2. The Kier molecular flexibility index (Phi) is 7.73. The van der Waals surface area contributed by atoms with Gasteiger partial charge in [-0.25, -0.2) is 0 Å². The minimum atomic E-state index is -5.12. The van der Waals surface area contributed by atoms with Crippen LogP contribution in [0.2, 0.25) is 0 Å². The summed E-state index contributed by atoms with van der Waals surface area (Å²) in [4.78, 5) is 24.0. The van der Waals surface area contributed by atoms with Crippen molar-refractivity contribution in [2.45, 2.75) is 18.2 Å². The zero-order valence-corrected chi connectivity index (χ0v) is 18.2. The molecule has 0 saturated heterocycles. The van der Waals surface area contributed by atoms with Crippen LogP contribution in [0.1, 0.15) is 17.5 Å². The second kappa shape index (κ2) is 10.7. The molecule has 0 heterocycles. The van der Waals surface area contributed by atoms with Gasteiger partial charge in [0.25, 0.3) is 5.91 Å². The lowest BCUT2D eigenvalue weighted by Gasteiger charge is -2.30. The van der Waals surface area contributed by atoms with E-state index >= 15 is 0 Å². The molecule has 0 unspecified atom stereocenters. The van der Waals surface area contributed by atoms with Crippen LogP contribution in [0.4, 0.5) is 13.2 Å². The molecule has 1 atom stereocenters. The van der Waals surface area contributed by atoms with E-state index in [0.717, 1.165) is 23.3 Å². The molecule has 0 bridgehead atoms. The number of benzene rings is 3. The van der Waals surface area contributed by atoms with E-state index in [-0.39, 0.29) is 0 Å². The number of aliphatic hydroxyl groups is 1. The minimum Gasteiger partial charge on any atom is -0.484 e. The van der Waals surface area contributed by atoms with E-state index in [1.165, 1.54) is 18.2 Å². The quantitative estimate of drug-likeness (QED) is 0.445. The van der Waals surface area contributed by atoms with Crippen LogP contribution in [0.3, 0.4) is 0 Å². The van der Waals surface area contributed by atoms with Gasteiger partial charge in [-0.15, -0.1) is 0 Å². The smallest absolute Gasteiger partial charge is 0.421 e. The Morgan fingerprint density at radius 1 is 0.857 bits per heavy atom. The van der Waals surface area contributed by atoms with Crippen molar-refractivity contribution < 1.29 is 32.6 Å². The first-order chi connectivity index (χ1) is 16.6. The summed E-state index contributed by atoms with van der Waals surface area (Å²) >= 11 is 0. The van der Waals surface area contributed by atoms with Gasteiger partial charge in [-0.3, -0.25) is 20.4 Å². The maximum Gasteiger partial charge on any atom is 0.421 e. The van der Waals surface area contributed by atoms with Gasteiger partial charge < -0.3 is 9.84 Å². The molecule has 0 saturated carbocycles. The molecule has 10 heteroatoms. The predicted octanol–water partition coefficient (Wildman–Crippen LogP) is 3.59. The fourth-order valence-electron chi connectivity index (χ4n) is 3.16. The van der Waals surface area contributed by atoms with Crippen LogP contribution in [0.15, 0.2) is 78.9 Å². The predicted molar refractivity (Wildman–Crippen MR) is 119 cm³/mol. The first kappa shape index (κ1) is 25.3. The minimum absolute atomic E-state index is 0.347. The molecule has 35 heavy (non-hydrogen) atoms. The van der Waals surface area contributed by atoms with Crippen LogP contribution >= 0.6 is 0 Å². The average molecular weight is 483 g/mol. The molecule has 0 spiro atoms. The van der Waals surface area contributed by atoms with Gasteiger partial charge in [-0.05, 0) is 41.0 Å². The van der Waals surface area contributed by atoms with Gasteiger partial charge in [0.2, 0.25) is 5.91 Å². The number of amides is 2. The van der Waals surface area contributed by atoms with Crippen LogP contribution < -0.4 is 15.6 Å². The van der Waals surface area contributed by atoms with Crippen molar-refractivity contribution >= 4 is 11.8 Å². The third-order valence-corrected chi connectivity index (χ3v) is 5.05. The molecule has 0 aliphatic rings. The van der Waals surface area contributed by atoms with Gasteiger partial charge in [0.1, 0.15) is 5.75 Å². The molecule has 0 aliphatic heterocycles. The van der Waals surface area contributed by atoms with Gasteiger partial charge in [-0.2, -0.15) is 18.4 Å². The lowest BCUT2D eigenvalue weighted by atomic mass is 9.89. The molecule has 180 valence electrons. The van der Waals surface area contributed by atoms with E-state index in [4.69, 9.17) is 10.00 Å². The Bertz CT molecular complexity index is 1210. The van der Waals surface area contributed by atoms with Gasteiger partial charge in [-0.1, -0.05) is 54.6 Å². The van der Waals surface area contributed by atoms with Crippen LogP contribution in [0.5, 0.6) is 5.75 Å². The number of alkyl halides is 3. The Morgan fingerprint density at radius 2 is 1.40 bits per heavy atom. The molecule has 3 rings (SSSR count). The Morgan fingerprint density at radius 3 is 1.94 bits per heavy atom. The van der Waals surface area contributed by atoms with Gasteiger partial charge >= 0.3 is 6.18 Å². The molecule has 7 nitrogen and oxygen atoms in total. The van der Waals surface area contributed by atoms with Crippen molar-refractivity contribution in [2.75, 3.05) is 6.61 Å². The summed E-state index contributed by atoms with van der Waals surface area (Å²) in [5.74, 6) is -1.71. The lowest BCUT2D eigenvalue weighted by Crippen LogP contribution is -2.50. The van der Waals surface area contributed by atoms with Gasteiger partial charge in [0.05, 0.1) is 18.1 Å². The first-order valence-electron chi connectivity index (χ1n) is 10.3. The molecule has 0 aliphatic carbocycles. The number of hydrogen-bond donors (Lipinski definition) is 3. The van der Waals surface area contributed by atoms with Crippen LogP contribution in [-0.2, 0) is 15.2 Å². The van der Waals surface area contributed by atoms with Gasteiger partial charge in [0.15, 0.2) is 12.2 Å². The summed E-state index contributed by atoms with van der Waals surface area (Å²) in [5.41, 5.74) is 2.17. The topological polar surface area (TPSA) is 111 Å². The number of nitriles is 1. The summed E-state index contributed by atoms with van der Waals surface area (Å²) in [6.07, 6.45) is -6.47. The maximum absolute atomic E-state index is 13.5. The third-order valence-electron chi connectivity index (χ3n) is 5.05. The number of nitrogens with one attached hydrogen (secondary N) is 2. The van der Waals surface area contributed by atoms with E-state index in [1.54, 1.807) is 48.5 Å². The molecular formula is C25H20F3N3O4. The maximum atomic E-state index is 13.5. The van der Waals surface area contributed by atoms with Crippen molar-refractivity contribution in [3.05, 3.63) is 90.0 Å². The Hall–Kier alpha value is -4.36. The highest BCUT2D eigenvalue weighted by Gasteiger charge is 2.56. The average Bonchev–Trinajstić information content (AvgIpc) is 2.86. The summed E-state index contributed by atoms with van der Waals surface area (Å²) in [7, 11) is 0. The highest BCUT2D eigenvalue weighted by molar-refractivity contribution is 5.83. The molecule has 3 aromatic rings. The van der Waals surface area contributed by atoms with Crippen molar-refractivity contribution in [3.8, 4) is 22.9 Å². The van der Waals surface area contributed by atoms with E-state index in [0.29, 0.717) is 11.3 Å². The number of hydrogen-bond acceptors (Lipinski definition) is 5. The van der Waals surface area contributed by atoms with E-state index in [2.05, 4.69) is 0 Å². The molecule has 2 amide bonds. The number of rotatable bonds is 7. The van der Waals surface area contributed by atoms with Crippen molar-refractivity contribution in [3.63, 3.8) is 0 Å². The number of hydrazine groups is 1. The van der Waals surface area contributed by atoms with Crippen molar-refractivity contribution in [1.82, 2.24) is 10.9 Å². The fourth-order valence-corrected chi connectivity index (χ4v) is 3.16. The van der Waals surface area contributed by atoms with E-state index in [1.807, 2.05) is 16.9 Å². The van der Waals surface area contributed by atoms with E-state index in [9.17, 15) is 27.9 Å². The second-order valence-corrected chi connectivity index (χ2v) is 7.50. The third kappa shape index (κ3) is 6.37. The highest BCUT2D eigenvalue weighted by atomic mass is 19.4. The van der Waals surface area contributed by atoms with Gasteiger partial charge in [0, 0.05) is 0 Å². The summed E-state index contributed by atoms with van der Waals surface area (Å²) in [6.45, 7) is -0.515. The lowest BCUT2D eigenvalue weighted by molar-refractivity contribution is -0.267. The highest BCUT2D eigenvalue weighted by Crippen LogP contribution is 2.41. The normalized spacial score (nSPS) is 12.7. The summed E-state index contributed by atoms with van der Waals surface area (Å²) < 4.78 is 45.8. The summed E-state index contributed by atoms with van der Waals surface area (Å²) in [5, 5.41) is 19.1. The Labute approximate surface area is 198 Å². The number of halogens is 3. The second-order valence-electron chi connectivity index (χ2n) is 7.50. The molecule has 0 radical (unpaired) electrons. The zero-order chi connectivity index (χ0) is 25.5. The van der Waals surface area contributed by atoms with Crippen LogP contribution in [-0.4, -0.2) is 29.7 Å². The van der Waals surface area contributed by atoms with E-state index < -0.39 is 42.2 Å². The Balaban J connectivity index is 1.51. The monoisotopic (exact) mass is 483 g/mol. The molecule has 0 aromatic heterocycles. The first-order valence-corrected chi connectivity index (χ1v) is 10.3.